The Bertz CT molecular complexity index is 376. The Labute approximate surface area is 121 Å². The zero-order valence-electron chi connectivity index (χ0n) is 11.9. The van der Waals surface area contributed by atoms with Gasteiger partial charge in [0, 0.05) is 26.2 Å². The van der Waals surface area contributed by atoms with Crippen LogP contribution in [-0.4, -0.2) is 56.5 Å². The number of hydrogen-bond acceptors (Lipinski definition) is 5. The minimum absolute atomic E-state index is 0.0147. The van der Waals surface area contributed by atoms with E-state index in [9.17, 15) is 18.0 Å². The van der Waals surface area contributed by atoms with Crippen LogP contribution in [-0.2, 0) is 14.3 Å². The molecule has 1 aliphatic rings. The van der Waals surface area contributed by atoms with Crippen molar-refractivity contribution in [1.29, 1.82) is 5.26 Å². The average molecular weight is 308 g/mol. The summed E-state index contributed by atoms with van der Waals surface area (Å²) in [7, 11) is 1.22. The Kier molecular flexibility index (Phi) is 6.92. The molecule has 5 nitrogen and oxygen atoms in total. The number of rotatable bonds is 7. The molecular weight excluding hydrogens is 289 g/mol. The number of carbonyl (C=O) groups excluding carboxylic acids is 1. The van der Waals surface area contributed by atoms with Crippen LogP contribution in [0.3, 0.4) is 0 Å². The molecule has 0 amide bonds. The van der Waals surface area contributed by atoms with Crippen LogP contribution in [0, 0.1) is 17.2 Å². The molecule has 8 heteroatoms. The summed E-state index contributed by atoms with van der Waals surface area (Å²) < 4.78 is 47.9. The van der Waals surface area contributed by atoms with E-state index < -0.39 is 24.6 Å². The third-order valence-electron chi connectivity index (χ3n) is 3.34. The van der Waals surface area contributed by atoms with Crippen molar-refractivity contribution >= 4 is 5.97 Å². The lowest BCUT2D eigenvalue weighted by atomic mass is 10.1. The van der Waals surface area contributed by atoms with Gasteiger partial charge in [-0.05, 0) is 12.8 Å². The van der Waals surface area contributed by atoms with Crippen molar-refractivity contribution in [3.05, 3.63) is 0 Å². The Morgan fingerprint density at radius 1 is 1.57 bits per heavy atom. The highest BCUT2D eigenvalue weighted by molar-refractivity contribution is 5.69. The lowest BCUT2D eigenvalue weighted by molar-refractivity contribution is -0.164. The molecule has 0 saturated carbocycles. The summed E-state index contributed by atoms with van der Waals surface area (Å²) in [6.45, 7) is 0.527. The van der Waals surface area contributed by atoms with Crippen molar-refractivity contribution in [1.82, 2.24) is 4.90 Å². The number of carbonyl (C=O) groups is 1. The molecule has 1 fully saturated rings. The zero-order chi connectivity index (χ0) is 15.9. The van der Waals surface area contributed by atoms with Gasteiger partial charge in [0.05, 0.1) is 25.7 Å². The van der Waals surface area contributed by atoms with Crippen LogP contribution >= 0.6 is 0 Å². The van der Waals surface area contributed by atoms with E-state index in [1.54, 1.807) is 0 Å². The predicted molar refractivity (Wildman–Crippen MR) is 67.2 cm³/mol. The van der Waals surface area contributed by atoms with Crippen LogP contribution in [0.5, 0.6) is 0 Å². The molecule has 1 heterocycles. The molecular formula is C13H19F3N2O3. The van der Waals surface area contributed by atoms with Crippen molar-refractivity contribution in [3.8, 4) is 6.07 Å². The molecule has 120 valence electrons. The van der Waals surface area contributed by atoms with Crippen LogP contribution in [0.4, 0.5) is 13.2 Å². The molecule has 21 heavy (non-hydrogen) atoms. The zero-order valence-corrected chi connectivity index (χ0v) is 11.9. The molecule has 1 rings (SSSR count). The Balaban J connectivity index is 2.61. The molecule has 0 bridgehead atoms. The maximum Gasteiger partial charge on any atom is 0.405 e. The predicted octanol–water partition coefficient (Wildman–Crippen LogP) is 1.73. The monoisotopic (exact) mass is 308 g/mol. The smallest absolute Gasteiger partial charge is 0.405 e. The number of nitriles is 1. The Morgan fingerprint density at radius 2 is 2.29 bits per heavy atom. The molecule has 0 aliphatic carbocycles. The first-order chi connectivity index (χ1) is 9.86. The van der Waals surface area contributed by atoms with Gasteiger partial charge >= 0.3 is 12.1 Å². The SMILES string of the molecule is COC(=O)CCN(CC1CCCO1)CC(C#N)C(F)(F)F. The summed E-state index contributed by atoms with van der Waals surface area (Å²) in [5, 5.41) is 8.68. The van der Waals surface area contributed by atoms with Crippen molar-refractivity contribution in [3.63, 3.8) is 0 Å². The Hall–Kier alpha value is -1.33. The molecule has 0 spiro atoms. The van der Waals surface area contributed by atoms with E-state index in [-0.39, 0.29) is 25.6 Å². The first kappa shape index (κ1) is 17.7. The molecule has 0 aromatic carbocycles. The molecule has 2 atom stereocenters. The van der Waals surface area contributed by atoms with Crippen LogP contribution in [0.1, 0.15) is 19.3 Å². The molecule has 0 aromatic rings. The minimum atomic E-state index is -4.57. The summed E-state index contributed by atoms with van der Waals surface area (Å²) in [6.07, 6.45) is -3.09. The summed E-state index contributed by atoms with van der Waals surface area (Å²) in [6, 6.07) is 1.28. The van der Waals surface area contributed by atoms with Gasteiger partial charge in [0.25, 0.3) is 0 Å². The van der Waals surface area contributed by atoms with E-state index in [1.165, 1.54) is 18.1 Å². The largest absolute Gasteiger partial charge is 0.469 e. The van der Waals surface area contributed by atoms with E-state index in [2.05, 4.69) is 4.74 Å². The topological polar surface area (TPSA) is 62.6 Å². The summed E-state index contributed by atoms with van der Waals surface area (Å²) >= 11 is 0. The molecule has 0 aromatic heterocycles. The molecule has 1 aliphatic heterocycles. The maximum absolute atomic E-state index is 12.7. The van der Waals surface area contributed by atoms with E-state index in [0.29, 0.717) is 6.61 Å². The van der Waals surface area contributed by atoms with Crippen LogP contribution < -0.4 is 0 Å². The standard InChI is InChI=1S/C13H19F3N2O3/c1-20-12(19)4-5-18(9-11-3-2-6-21-11)8-10(7-17)13(14,15)16/h10-11H,2-6,8-9H2,1H3. The highest BCUT2D eigenvalue weighted by Crippen LogP contribution is 2.27. The van der Waals surface area contributed by atoms with Crippen molar-refractivity contribution in [2.45, 2.75) is 31.5 Å². The van der Waals surface area contributed by atoms with Gasteiger partial charge < -0.3 is 9.47 Å². The number of halogens is 3. The summed E-state index contributed by atoms with van der Waals surface area (Å²) in [5.41, 5.74) is 0. The lowest BCUT2D eigenvalue weighted by Crippen LogP contribution is -2.41. The van der Waals surface area contributed by atoms with Crippen LogP contribution in [0.25, 0.3) is 0 Å². The van der Waals surface area contributed by atoms with E-state index in [0.717, 1.165) is 12.8 Å². The van der Waals surface area contributed by atoms with E-state index in [4.69, 9.17) is 10.00 Å². The van der Waals surface area contributed by atoms with Gasteiger partial charge in [-0.3, -0.25) is 9.69 Å². The number of esters is 1. The van der Waals surface area contributed by atoms with Gasteiger partial charge in [0.2, 0.25) is 0 Å². The first-order valence-electron chi connectivity index (χ1n) is 6.74. The molecule has 0 N–H and O–H groups in total. The second-order valence-electron chi connectivity index (χ2n) is 4.94. The van der Waals surface area contributed by atoms with Gasteiger partial charge in [-0.15, -0.1) is 0 Å². The third kappa shape index (κ3) is 6.31. The van der Waals surface area contributed by atoms with Crippen molar-refractivity contribution in [2.75, 3.05) is 33.4 Å². The van der Waals surface area contributed by atoms with Gasteiger partial charge in [-0.1, -0.05) is 0 Å². The third-order valence-corrected chi connectivity index (χ3v) is 3.34. The fourth-order valence-corrected chi connectivity index (χ4v) is 2.16. The highest BCUT2D eigenvalue weighted by atomic mass is 19.4. The van der Waals surface area contributed by atoms with E-state index in [1.807, 2.05) is 0 Å². The molecule has 0 radical (unpaired) electrons. The quantitative estimate of drug-likeness (QED) is 0.670. The summed E-state index contributed by atoms with van der Waals surface area (Å²) in [5.74, 6) is -2.57. The van der Waals surface area contributed by atoms with Crippen LogP contribution in [0.2, 0.25) is 0 Å². The second kappa shape index (κ2) is 8.20. The molecule has 1 saturated heterocycles. The van der Waals surface area contributed by atoms with Gasteiger partial charge in [-0.25, -0.2) is 0 Å². The van der Waals surface area contributed by atoms with Gasteiger partial charge in [0.1, 0.15) is 0 Å². The average Bonchev–Trinajstić information content (AvgIpc) is 2.92. The van der Waals surface area contributed by atoms with Gasteiger partial charge in [-0.2, -0.15) is 18.4 Å². The fraction of sp³-hybridized carbons (Fsp3) is 0.846. The number of hydrogen-bond donors (Lipinski definition) is 0. The fourth-order valence-electron chi connectivity index (χ4n) is 2.16. The number of alkyl halides is 3. The lowest BCUT2D eigenvalue weighted by Gasteiger charge is -2.27. The van der Waals surface area contributed by atoms with Crippen molar-refractivity contribution in [2.24, 2.45) is 5.92 Å². The number of ether oxygens (including phenoxy) is 2. The first-order valence-corrected chi connectivity index (χ1v) is 6.74. The maximum atomic E-state index is 12.7. The van der Waals surface area contributed by atoms with Crippen molar-refractivity contribution < 1.29 is 27.4 Å². The number of nitrogens with zero attached hydrogens (tertiary/aromatic N) is 2. The van der Waals surface area contributed by atoms with E-state index >= 15 is 0 Å². The Morgan fingerprint density at radius 3 is 2.76 bits per heavy atom. The molecule has 2 unspecified atom stereocenters. The van der Waals surface area contributed by atoms with Gasteiger partial charge in [0.15, 0.2) is 5.92 Å². The second-order valence-corrected chi connectivity index (χ2v) is 4.94. The minimum Gasteiger partial charge on any atom is -0.469 e. The highest BCUT2D eigenvalue weighted by Gasteiger charge is 2.41. The van der Waals surface area contributed by atoms with Crippen LogP contribution in [0.15, 0.2) is 0 Å². The normalized spacial score (nSPS) is 20.3. The number of methoxy groups -OCH3 is 1. The summed E-state index contributed by atoms with van der Waals surface area (Å²) in [4.78, 5) is 12.6.